The second-order valence-corrected chi connectivity index (χ2v) is 6.58. The first-order valence-corrected chi connectivity index (χ1v) is 8.83. The standard InChI is InChI=1S/C15H16N2O4S2/c18-14(19)13(9-22-8-12-6-16-10-23-12)17-15(20)21-7-11-4-2-1-3-5-11/h1-6,10,13H,7-9H2,(H,17,20)(H,18,19). The summed E-state index contributed by atoms with van der Waals surface area (Å²) in [6, 6.07) is 8.21. The molecule has 0 bridgehead atoms. The van der Waals surface area contributed by atoms with Crippen molar-refractivity contribution in [2.75, 3.05) is 5.75 Å². The highest BCUT2D eigenvalue weighted by Crippen LogP contribution is 2.16. The lowest BCUT2D eigenvalue weighted by molar-refractivity contribution is -0.138. The minimum absolute atomic E-state index is 0.104. The molecular weight excluding hydrogens is 336 g/mol. The van der Waals surface area contributed by atoms with E-state index in [0.29, 0.717) is 5.75 Å². The zero-order chi connectivity index (χ0) is 16.5. The molecule has 1 heterocycles. The van der Waals surface area contributed by atoms with Gasteiger partial charge in [-0.1, -0.05) is 30.3 Å². The van der Waals surface area contributed by atoms with E-state index in [1.807, 2.05) is 30.3 Å². The van der Waals surface area contributed by atoms with Gasteiger partial charge in [0.1, 0.15) is 12.6 Å². The SMILES string of the molecule is O=C(NC(CSCc1cncs1)C(=O)O)OCc1ccccc1. The number of benzene rings is 1. The lowest BCUT2D eigenvalue weighted by atomic mass is 10.2. The van der Waals surface area contributed by atoms with E-state index in [4.69, 9.17) is 4.74 Å². The van der Waals surface area contributed by atoms with Crippen LogP contribution in [0.3, 0.4) is 0 Å². The minimum atomic E-state index is -1.08. The quantitative estimate of drug-likeness (QED) is 0.759. The fourth-order valence-corrected chi connectivity index (χ4v) is 3.43. The van der Waals surface area contributed by atoms with Crippen LogP contribution in [0.5, 0.6) is 0 Å². The van der Waals surface area contributed by atoms with Gasteiger partial charge < -0.3 is 15.2 Å². The van der Waals surface area contributed by atoms with Gasteiger partial charge in [-0.15, -0.1) is 11.3 Å². The molecule has 0 aliphatic rings. The fraction of sp³-hybridized carbons (Fsp3) is 0.267. The number of carbonyl (C=O) groups is 2. The van der Waals surface area contributed by atoms with Crippen molar-refractivity contribution in [3.8, 4) is 0 Å². The second-order valence-electron chi connectivity index (χ2n) is 4.58. The first kappa shape index (κ1) is 17.3. The summed E-state index contributed by atoms with van der Waals surface area (Å²) in [5.41, 5.74) is 2.57. The van der Waals surface area contributed by atoms with Gasteiger partial charge in [-0.05, 0) is 5.56 Å². The molecule has 0 spiro atoms. The van der Waals surface area contributed by atoms with E-state index in [-0.39, 0.29) is 12.4 Å². The van der Waals surface area contributed by atoms with Gasteiger partial charge in [-0.25, -0.2) is 9.59 Å². The Morgan fingerprint density at radius 3 is 2.78 bits per heavy atom. The van der Waals surface area contributed by atoms with Crippen LogP contribution in [0.2, 0.25) is 0 Å². The van der Waals surface area contributed by atoms with E-state index in [2.05, 4.69) is 10.3 Å². The highest BCUT2D eigenvalue weighted by Gasteiger charge is 2.20. The van der Waals surface area contributed by atoms with E-state index in [1.165, 1.54) is 23.1 Å². The molecule has 0 fully saturated rings. The summed E-state index contributed by atoms with van der Waals surface area (Å²) in [6.07, 6.45) is 1.01. The number of carbonyl (C=O) groups excluding carboxylic acids is 1. The lowest BCUT2D eigenvalue weighted by Crippen LogP contribution is -2.42. The van der Waals surface area contributed by atoms with E-state index < -0.39 is 18.1 Å². The Hall–Kier alpha value is -2.06. The van der Waals surface area contributed by atoms with Crippen LogP contribution in [0.15, 0.2) is 42.0 Å². The van der Waals surface area contributed by atoms with Crippen molar-refractivity contribution in [1.82, 2.24) is 10.3 Å². The number of aromatic nitrogens is 1. The number of rotatable bonds is 8. The van der Waals surface area contributed by atoms with Crippen molar-refractivity contribution >= 4 is 35.2 Å². The van der Waals surface area contributed by atoms with Gasteiger partial charge in [-0.3, -0.25) is 4.98 Å². The molecule has 0 aliphatic carbocycles. The number of ether oxygens (including phenoxy) is 1. The number of thioether (sulfide) groups is 1. The van der Waals surface area contributed by atoms with Crippen LogP contribution in [-0.4, -0.2) is 33.9 Å². The van der Waals surface area contributed by atoms with Crippen LogP contribution in [0, 0.1) is 0 Å². The third-order valence-corrected chi connectivity index (χ3v) is 4.86. The summed E-state index contributed by atoms with van der Waals surface area (Å²) in [5, 5.41) is 11.5. The molecule has 1 aromatic carbocycles. The number of thiazole rings is 1. The zero-order valence-corrected chi connectivity index (χ0v) is 13.8. The van der Waals surface area contributed by atoms with Gasteiger partial charge in [-0.2, -0.15) is 11.8 Å². The number of hydrogen-bond acceptors (Lipinski definition) is 6. The molecule has 1 unspecified atom stereocenters. The largest absolute Gasteiger partial charge is 0.480 e. The van der Waals surface area contributed by atoms with Crippen molar-refractivity contribution in [2.24, 2.45) is 0 Å². The molecule has 2 rings (SSSR count). The topological polar surface area (TPSA) is 88.5 Å². The molecule has 0 saturated carbocycles. The van der Waals surface area contributed by atoms with Crippen LogP contribution in [0.25, 0.3) is 0 Å². The molecule has 1 atom stereocenters. The average Bonchev–Trinajstić information content (AvgIpc) is 3.06. The first-order chi connectivity index (χ1) is 11.1. The maximum Gasteiger partial charge on any atom is 0.408 e. The molecule has 8 heteroatoms. The van der Waals surface area contributed by atoms with Crippen LogP contribution in [0.1, 0.15) is 10.4 Å². The Labute approximate surface area is 141 Å². The number of nitrogens with one attached hydrogen (secondary N) is 1. The third kappa shape index (κ3) is 6.29. The van der Waals surface area contributed by atoms with Gasteiger partial charge in [0, 0.05) is 22.6 Å². The normalized spacial score (nSPS) is 11.7. The highest BCUT2D eigenvalue weighted by atomic mass is 32.2. The summed E-state index contributed by atoms with van der Waals surface area (Å²) in [7, 11) is 0. The van der Waals surface area contributed by atoms with E-state index >= 15 is 0 Å². The molecule has 0 saturated heterocycles. The number of carboxylic acids is 1. The minimum Gasteiger partial charge on any atom is -0.480 e. The fourth-order valence-electron chi connectivity index (χ4n) is 1.67. The Balaban J connectivity index is 1.74. The van der Waals surface area contributed by atoms with E-state index in [0.717, 1.165) is 10.4 Å². The van der Waals surface area contributed by atoms with Gasteiger partial charge >= 0.3 is 12.1 Å². The molecule has 6 nitrogen and oxygen atoms in total. The number of carboxylic acid groups (broad SMARTS) is 1. The van der Waals surface area contributed by atoms with Crippen molar-refractivity contribution in [1.29, 1.82) is 0 Å². The zero-order valence-electron chi connectivity index (χ0n) is 12.2. The van der Waals surface area contributed by atoms with Crippen LogP contribution < -0.4 is 5.32 Å². The first-order valence-electron chi connectivity index (χ1n) is 6.80. The number of amides is 1. The van der Waals surface area contributed by atoms with Crippen LogP contribution in [-0.2, 0) is 21.9 Å². The Morgan fingerprint density at radius 1 is 1.35 bits per heavy atom. The Morgan fingerprint density at radius 2 is 2.13 bits per heavy atom. The number of aliphatic carboxylic acids is 1. The molecule has 1 aromatic heterocycles. The van der Waals surface area contributed by atoms with Crippen LogP contribution >= 0.6 is 23.1 Å². The molecule has 1 amide bonds. The Bertz CT molecular complexity index is 620. The summed E-state index contributed by atoms with van der Waals surface area (Å²) in [5.74, 6) is -0.165. The average molecular weight is 352 g/mol. The number of alkyl carbamates (subject to hydrolysis) is 1. The van der Waals surface area contributed by atoms with E-state index in [1.54, 1.807) is 11.7 Å². The van der Waals surface area contributed by atoms with Gasteiger partial charge in [0.05, 0.1) is 5.51 Å². The maximum absolute atomic E-state index is 11.7. The van der Waals surface area contributed by atoms with Crippen molar-refractivity contribution in [3.63, 3.8) is 0 Å². The van der Waals surface area contributed by atoms with Crippen molar-refractivity contribution in [2.45, 2.75) is 18.4 Å². The molecule has 122 valence electrons. The highest BCUT2D eigenvalue weighted by molar-refractivity contribution is 7.98. The van der Waals surface area contributed by atoms with E-state index in [9.17, 15) is 14.7 Å². The monoisotopic (exact) mass is 352 g/mol. The van der Waals surface area contributed by atoms with Gasteiger partial charge in [0.2, 0.25) is 0 Å². The summed E-state index contributed by atoms with van der Waals surface area (Å²) >= 11 is 2.93. The lowest BCUT2D eigenvalue weighted by Gasteiger charge is -2.14. The third-order valence-electron chi connectivity index (χ3n) is 2.82. The van der Waals surface area contributed by atoms with Crippen LogP contribution in [0.4, 0.5) is 4.79 Å². The van der Waals surface area contributed by atoms with Crippen molar-refractivity contribution in [3.05, 3.63) is 52.5 Å². The number of nitrogens with zero attached hydrogens (tertiary/aromatic N) is 1. The summed E-state index contributed by atoms with van der Waals surface area (Å²) in [6.45, 7) is 0.104. The van der Waals surface area contributed by atoms with Gasteiger partial charge in [0.25, 0.3) is 0 Å². The molecular formula is C15H16N2O4S2. The molecule has 0 aliphatic heterocycles. The number of hydrogen-bond donors (Lipinski definition) is 2. The molecule has 2 aromatic rings. The second kappa shape index (κ2) is 9.16. The molecule has 23 heavy (non-hydrogen) atoms. The smallest absolute Gasteiger partial charge is 0.408 e. The molecule has 0 radical (unpaired) electrons. The predicted octanol–water partition coefficient (Wildman–Crippen LogP) is 2.76. The van der Waals surface area contributed by atoms with Gasteiger partial charge in [0.15, 0.2) is 0 Å². The molecule has 2 N–H and O–H groups in total. The maximum atomic E-state index is 11.7. The summed E-state index contributed by atoms with van der Waals surface area (Å²) in [4.78, 5) is 27.9. The van der Waals surface area contributed by atoms with Crippen molar-refractivity contribution < 1.29 is 19.4 Å². The predicted molar refractivity (Wildman–Crippen MR) is 89.5 cm³/mol. The Kier molecular flexibility index (Phi) is 6.89. The summed E-state index contributed by atoms with van der Waals surface area (Å²) < 4.78 is 5.03.